The molecule has 166 valence electrons. The Kier molecular flexibility index (Phi) is 9.21. The number of ether oxygens (including phenoxy) is 4. The highest BCUT2D eigenvalue weighted by Crippen LogP contribution is 2.34. The van der Waals surface area contributed by atoms with E-state index >= 15 is 0 Å². The maximum Gasteiger partial charge on any atom is 0.348 e. The monoisotopic (exact) mass is 442 g/mol. The third-order valence-corrected chi connectivity index (χ3v) is 5.47. The van der Waals surface area contributed by atoms with Gasteiger partial charge in [0.25, 0.3) is 0 Å². The molecule has 1 aromatic rings. The SMILES string of the molecule is CCOC(=O)c1c(NC(=O)C(=O)NC[C@H]2CCCO2)sc(C(=O)OCCOC)c1C. The van der Waals surface area contributed by atoms with Crippen molar-refractivity contribution >= 4 is 40.1 Å². The number of methoxy groups -OCH3 is 1. The number of hydrogen-bond donors (Lipinski definition) is 2. The Morgan fingerprint density at radius 1 is 1.13 bits per heavy atom. The van der Waals surface area contributed by atoms with E-state index in [2.05, 4.69) is 10.6 Å². The van der Waals surface area contributed by atoms with E-state index in [1.54, 1.807) is 13.8 Å². The molecule has 1 aliphatic rings. The Morgan fingerprint density at radius 3 is 2.53 bits per heavy atom. The van der Waals surface area contributed by atoms with Crippen LogP contribution in [0.5, 0.6) is 0 Å². The fraction of sp³-hybridized carbons (Fsp3) is 0.579. The fourth-order valence-electron chi connectivity index (χ4n) is 2.78. The molecule has 1 atom stereocenters. The summed E-state index contributed by atoms with van der Waals surface area (Å²) in [6.07, 6.45) is 1.61. The summed E-state index contributed by atoms with van der Waals surface area (Å²) in [4.78, 5) is 49.3. The largest absolute Gasteiger partial charge is 0.462 e. The number of thiophene rings is 1. The van der Waals surface area contributed by atoms with Crippen LogP contribution in [0.4, 0.5) is 5.00 Å². The zero-order valence-corrected chi connectivity index (χ0v) is 18.0. The Balaban J connectivity index is 2.14. The minimum Gasteiger partial charge on any atom is -0.462 e. The van der Waals surface area contributed by atoms with Crippen molar-refractivity contribution in [1.82, 2.24) is 5.32 Å². The quantitative estimate of drug-likeness (QED) is 0.332. The van der Waals surface area contributed by atoms with Gasteiger partial charge in [-0.2, -0.15) is 0 Å². The van der Waals surface area contributed by atoms with Crippen molar-refractivity contribution in [3.63, 3.8) is 0 Å². The van der Waals surface area contributed by atoms with E-state index in [0.29, 0.717) is 12.2 Å². The van der Waals surface area contributed by atoms with Gasteiger partial charge in [0.15, 0.2) is 0 Å². The highest BCUT2D eigenvalue weighted by molar-refractivity contribution is 7.18. The molecule has 10 nitrogen and oxygen atoms in total. The number of carbonyl (C=O) groups is 4. The summed E-state index contributed by atoms with van der Waals surface area (Å²) in [6.45, 7) is 4.39. The molecule has 0 bridgehead atoms. The van der Waals surface area contributed by atoms with Crippen molar-refractivity contribution in [1.29, 1.82) is 0 Å². The first kappa shape index (κ1) is 23.8. The lowest BCUT2D eigenvalue weighted by Gasteiger charge is -2.11. The van der Waals surface area contributed by atoms with Crippen molar-refractivity contribution < 1.29 is 38.1 Å². The zero-order chi connectivity index (χ0) is 22.1. The maximum absolute atomic E-state index is 12.4. The van der Waals surface area contributed by atoms with Crippen molar-refractivity contribution in [2.24, 2.45) is 0 Å². The van der Waals surface area contributed by atoms with Crippen LogP contribution in [0.3, 0.4) is 0 Å². The number of esters is 2. The molecule has 2 N–H and O–H groups in total. The van der Waals surface area contributed by atoms with Crippen molar-refractivity contribution in [2.45, 2.75) is 32.8 Å². The van der Waals surface area contributed by atoms with Crippen LogP contribution < -0.4 is 10.6 Å². The molecule has 1 aromatic heterocycles. The van der Waals surface area contributed by atoms with Gasteiger partial charge < -0.3 is 29.6 Å². The van der Waals surface area contributed by atoms with Gasteiger partial charge in [0.1, 0.15) is 16.5 Å². The van der Waals surface area contributed by atoms with Gasteiger partial charge in [-0.05, 0) is 32.3 Å². The molecule has 0 saturated carbocycles. The lowest BCUT2D eigenvalue weighted by atomic mass is 10.1. The summed E-state index contributed by atoms with van der Waals surface area (Å²) < 4.78 is 20.4. The Hall–Kier alpha value is -2.50. The number of carbonyl (C=O) groups excluding carboxylic acids is 4. The van der Waals surface area contributed by atoms with E-state index in [1.807, 2.05) is 0 Å². The number of nitrogens with one attached hydrogen (secondary N) is 2. The van der Waals surface area contributed by atoms with Gasteiger partial charge in [0, 0.05) is 20.3 Å². The molecule has 0 aliphatic carbocycles. The third kappa shape index (κ3) is 6.25. The van der Waals surface area contributed by atoms with Crippen LogP contribution in [0.2, 0.25) is 0 Å². The summed E-state index contributed by atoms with van der Waals surface area (Å²) in [5, 5.41) is 4.95. The minimum absolute atomic E-state index is 0.0146. The summed E-state index contributed by atoms with van der Waals surface area (Å²) in [6, 6.07) is 0. The van der Waals surface area contributed by atoms with Gasteiger partial charge in [-0.1, -0.05) is 0 Å². The van der Waals surface area contributed by atoms with Gasteiger partial charge in [-0.3, -0.25) is 9.59 Å². The van der Waals surface area contributed by atoms with Crippen LogP contribution in [0.15, 0.2) is 0 Å². The molecule has 2 rings (SSSR count). The van der Waals surface area contributed by atoms with Crippen LogP contribution in [0.1, 0.15) is 45.4 Å². The van der Waals surface area contributed by atoms with E-state index in [-0.39, 0.29) is 47.9 Å². The molecule has 2 heterocycles. The summed E-state index contributed by atoms with van der Waals surface area (Å²) in [5.41, 5.74) is 0.316. The molecule has 11 heteroatoms. The van der Waals surface area contributed by atoms with Gasteiger partial charge in [0.05, 0.1) is 24.9 Å². The summed E-state index contributed by atoms with van der Waals surface area (Å²) in [5.74, 6) is -3.20. The van der Waals surface area contributed by atoms with Crippen LogP contribution in [-0.4, -0.2) is 69.9 Å². The average Bonchev–Trinajstić information content (AvgIpc) is 3.34. The molecule has 0 radical (unpaired) electrons. The van der Waals surface area contributed by atoms with Crippen molar-refractivity contribution in [2.75, 3.05) is 45.4 Å². The smallest absolute Gasteiger partial charge is 0.348 e. The number of amides is 2. The second-order valence-electron chi connectivity index (χ2n) is 6.41. The first-order valence-corrected chi connectivity index (χ1v) is 10.4. The van der Waals surface area contributed by atoms with E-state index in [9.17, 15) is 19.2 Å². The van der Waals surface area contributed by atoms with Gasteiger partial charge in [-0.15, -0.1) is 11.3 Å². The van der Waals surface area contributed by atoms with E-state index < -0.39 is 23.8 Å². The van der Waals surface area contributed by atoms with Crippen molar-refractivity contribution in [3.05, 3.63) is 16.0 Å². The van der Waals surface area contributed by atoms with Crippen molar-refractivity contribution in [3.8, 4) is 0 Å². The van der Waals surface area contributed by atoms with Crippen LogP contribution >= 0.6 is 11.3 Å². The fourth-order valence-corrected chi connectivity index (χ4v) is 3.86. The molecular formula is C19H26N2O8S. The molecule has 30 heavy (non-hydrogen) atoms. The van der Waals surface area contributed by atoms with Gasteiger partial charge in [0.2, 0.25) is 0 Å². The molecule has 0 unspecified atom stereocenters. The highest BCUT2D eigenvalue weighted by Gasteiger charge is 2.29. The van der Waals surface area contributed by atoms with Crippen LogP contribution in [0, 0.1) is 6.92 Å². The molecule has 0 spiro atoms. The molecule has 1 saturated heterocycles. The lowest BCUT2D eigenvalue weighted by Crippen LogP contribution is -2.39. The average molecular weight is 442 g/mol. The first-order chi connectivity index (χ1) is 14.4. The Bertz CT molecular complexity index is 786. The van der Waals surface area contributed by atoms with Crippen LogP contribution in [-0.2, 0) is 28.5 Å². The number of anilines is 1. The molecular weight excluding hydrogens is 416 g/mol. The number of hydrogen-bond acceptors (Lipinski definition) is 9. The molecule has 1 aliphatic heterocycles. The Labute approximate surface area is 178 Å². The standard InChI is InChI=1S/C19H26N2O8S/c1-4-27-18(24)13-11(2)14(19(25)29-9-8-26-3)30-17(13)21-16(23)15(22)20-10-12-6-5-7-28-12/h12H,4-10H2,1-3H3,(H,20,22)(H,21,23)/t12-/m1/s1. The molecule has 2 amide bonds. The summed E-state index contributed by atoms with van der Waals surface area (Å²) >= 11 is 0.843. The van der Waals surface area contributed by atoms with E-state index in [4.69, 9.17) is 18.9 Å². The zero-order valence-electron chi connectivity index (χ0n) is 17.2. The van der Waals surface area contributed by atoms with Gasteiger partial charge in [-0.25, -0.2) is 9.59 Å². The first-order valence-electron chi connectivity index (χ1n) is 9.56. The topological polar surface area (TPSA) is 129 Å². The molecule has 0 aromatic carbocycles. The minimum atomic E-state index is -0.959. The maximum atomic E-state index is 12.4. The predicted octanol–water partition coefficient (Wildman–Crippen LogP) is 1.27. The second kappa shape index (κ2) is 11.6. The number of rotatable bonds is 9. The Morgan fingerprint density at radius 2 is 1.90 bits per heavy atom. The predicted molar refractivity (Wildman–Crippen MR) is 108 cm³/mol. The molecule has 1 fully saturated rings. The van der Waals surface area contributed by atoms with Crippen LogP contribution in [0.25, 0.3) is 0 Å². The van der Waals surface area contributed by atoms with E-state index in [1.165, 1.54) is 7.11 Å². The normalized spacial score (nSPS) is 15.5. The second-order valence-corrected chi connectivity index (χ2v) is 7.43. The lowest BCUT2D eigenvalue weighted by molar-refractivity contribution is -0.136. The summed E-state index contributed by atoms with van der Waals surface area (Å²) in [7, 11) is 1.47. The highest BCUT2D eigenvalue weighted by atomic mass is 32.1. The third-order valence-electron chi connectivity index (χ3n) is 4.28. The van der Waals surface area contributed by atoms with E-state index in [0.717, 1.165) is 24.2 Å². The van der Waals surface area contributed by atoms with Gasteiger partial charge >= 0.3 is 23.8 Å².